The highest BCUT2D eigenvalue weighted by Gasteiger charge is 2.07. The zero-order valence-electron chi connectivity index (χ0n) is 13.4. The molecule has 1 amide bonds. The molecular weight excluding hydrogens is 316 g/mol. The van der Waals surface area contributed by atoms with Crippen molar-refractivity contribution in [2.24, 2.45) is 0 Å². The van der Waals surface area contributed by atoms with Crippen molar-refractivity contribution >= 4 is 22.6 Å². The first kappa shape index (κ1) is 15.1. The molecule has 1 N–H and O–H groups in total. The number of carbonyl (C=O) groups excluding carboxylic acids is 1. The van der Waals surface area contributed by atoms with Crippen molar-refractivity contribution in [2.45, 2.75) is 12.8 Å². The van der Waals surface area contributed by atoms with E-state index in [-0.39, 0.29) is 5.91 Å². The van der Waals surface area contributed by atoms with Crippen LogP contribution in [-0.2, 0) is 11.2 Å². The highest BCUT2D eigenvalue weighted by atomic mass is 16.3. The maximum absolute atomic E-state index is 12.0. The fourth-order valence-electron chi connectivity index (χ4n) is 2.66. The average molecular weight is 332 g/mol. The molecule has 0 spiro atoms. The lowest BCUT2D eigenvalue weighted by atomic mass is 10.2. The van der Waals surface area contributed by atoms with E-state index in [4.69, 9.17) is 4.42 Å². The second kappa shape index (κ2) is 6.60. The Morgan fingerprint density at radius 2 is 2.00 bits per heavy atom. The Morgan fingerprint density at radius 1 is 1.08 bits per heavy atom. The van der Waals surface area contributed by atoms with Gasteiger partial charge in [0, 0.05) is 12.8 Å². The van der Waals surface area contributed by atoms with Crippen molar-refractivity contribution in [2.75, 3.05) is 5.32 Å². The molecule has 0 aliphatic rings. The van der Waals surface area contributed by atoms with Gasteiger partial charge in [-0.05, 0) is 36.4 Å². The van der Waals surface area contributed by atoms with Gasteiger partial charge in [0.05, 0.1) is 29.2 Å². The predicted octanol–water partition coefficient (Wildman–Crippen LogP) is 3.58. The van der Waals surface area contributed by atoms with Crippen LogP contribution >= 0.6 is 0 Å². The van der Waals surface area contributed by atoms with Crippen molar-refractivity contribution in [1.82, 2.24) is 14.5 Å². The molecule has 0 aliphatic carbocycles. The molecule has 0 atom stereocenters. The number of nitrogens with one attached hydrogen (secondary N) is 1. The molecule has 6 nitrogen and oxygen atoms in total. The number of anilines is 1. The second-order valence-corrected chi connectivity index (χ2v) is 5.64. The molecule has 4 aromatic rings. The first-order chi connectivity index (χ1) is 12.3. The number of nitrogens with zero attached hydrogens (tertiary/aromatic N) is 3. The van der Waals surface area contributed by atoms with E-state index in [0.29, 0.717) is 18.5 Å². The van der Waals surface area contributed by atoms with Gasteiger partial charge in [-0.15, -0.1) is 0 Å². The molecule has 6 heteroatoms. The van der Waals surface area contributed by atoms with E-state index in [1.165, 1.54) is 0 Å². The molecule has 0 saturated heterocycles. The smallest absolute Gasteiger partial charge is 0.224 e. The van der Waals surface area contributed by atoms with Gasteiger partial charge < -0.3 is 9.73 Å². The van der Waals surface area contributed by atoms with Crippen molar-refractivity contribution in [3.63, 3.8) is 0 Å². The SMILES string of the molecule is O=C(CCc1ccco1)Nc1ccc(-n2cnc3ccccc32)nc1. The fourth-order valence-corrected chi connectivity index (χ4v) is 2.66. The summed E-state index contributed by atoms with van der Waals surface area (Å²) in [5.74, 6) is 1.48. The number of fused-ring (bicyclic) bond motifs is 1. The largest absolute Gasteiger partial charge is 0.469 e. The van der Waals surface area contributed by atoms with Crippen LogP contribution in [0, 0.1) is 0 Å². The van der Waals surface area contributed by atoms with Gasteiger partial charge in [0.25, 0.3) is 0 Å². The molecule has 0 fully saturated rings. The lowest BCUT2D eigenvalue weighted by molar-refractivity contribution is -0.116. The van der Waals surface area contributed by atoms with Gasteiger partial charge >= 0.3 is 0 Å². The van der Waals surface area contributed by atoms with Gasteiger partial charge in [0.15, 0.2) is 0 Å². The topological polar surface area (TPSA) is 73.0 Å². The van der Waals surface area contributed by atoms with Crippen molar-refractivity contribution in [3.8, 4) is 5.82 Å². The number of hydrogen-bond acceptors (Lipinski definition) is 4. The molecule has 124 valence electrons. The van der Waals surface area contributed by atoms with E-state index in [0.717, 1.165) is 22.6 Å². The summed E-state index contributed by atoms with van der Waals surface area (Å²) in [5, 5.41) is 2.85. The van der Waals surface area contributed by atoms with Gasteiger partial charge in [-0.1, -0.05) is 12.1 Å². The lowest BCUT2D eigenvalue weighted by Crippen LogP contribution is -2.12. The Kier molecular flexibility index (Phi) is 4.00. The standard InChI is InChI=1S/C19H16N4O2/c24-19(10-8-15-4-3-11-25-15)22-14-7-9-18(20-12-14)23-13-21-16-5-1-2-6-17(16)23/h1-7,9,11-13H,8,10H2,(H,22,24). The van der Waals surface area contributed by atoms with Gasteiger partial charge in [-0.3, -0.25) is 9.36 Å². The third-order valence-corrected chi connectivity index (χ3v) is 3.91. The molecule has 3 heterocycles. The molecule has 4 rings (SSSR count). The Balaban J connectivity index is 1.44. The normalized spacial score (nSPS) is 10.9. The number of furan rings is 1. The zero-order valence-corrected chi connectivity index (χ0v) is 13.4. The average Bonchev–Trinajstić information content (AvgIpc) is 3.30. The molecule has 0 aliphatic heterocycles. The van der Waals surface area contributed by atoms with Crippen LogP contribution < -0.4 is 5.32 Å². The van der Waals surface area contributed by atoms with Crippen LogP contribution in [0.1, 0.15) is 12.2 Å². The first-order valence-corrected chi connectivity index (χ1v) is 8.00. The van der Waals surface area contributed by atoms with E-state index in [2.05, 4.69) is 15.3 Å². The number of aromatic nitrogens is 3. The minimum Gasteiger partial charge on any atom is -0.469 e. The van der Waals surface area contributed by atoms with E-state index >= 15 is 0 Å². The number of hydrogen-bond donors (Lipinski definition) is 1. The Bertz CT molecular complexity index is 988. The third-order valence-electron chi connectivity index (χ3n) is 3.91. The van der Waals surface area contributed by atoms with Crippen LogP contribution in [0.25, 0.3) is 16.9 Å². The highest BCUT2D eigenvalue weighted by molar-refractivity contribution is 5.90. The Labute approximate surface area is 144 Å². The molecule has 0 saturated carbocycles. The molecule has 1 aromatic carbocycles. The van der Waals surface area contributed by atoms with Crippen molar-refractivity contribution < 1.29 is 9.21 Å². The Morgan fingerprint density at radius 3 is 2.80 bits per heavy atom. The van der Waals surface area contributed by atoms with Crippen molar-refractivity contribution in [3.05, 3.63) is 73.1 Å². The lowest BCUT2D eigenvalue weighted by Gasteiger charge is -2.07. The number of pyridine rings is 1. The Hall–Kier alpha value is -3.41. The number of aryl methyl sites for hydroxylation is 1. The van der Waals surface area contributed by atoms with E-state index in [9.17, 15) is 4.79 Å². The maximum Gasteiger partial charge on any atom is 0.224 e. The summed E-state index contributed by atoms with van der Waals surface area (Å²) in [5.41, 5.74) is 2.57. The van der Waals surface area contributed by atoms with Crippen LogP contribution in [0.4, 0.5) is 5.69 Å². The first-order valence-electron chi connectivity index (χ1n) is 8.00. The van der Waals surface area contributed by atoms with Gasteiger partial charge in [0.1, 0.15) is 17.9 Å². The predicted molar refractivity (Wildman–Crippen MR) is 94.5 cm³/mol. The zero-order chi connectivity index (χ0) is 17.1. The number of amides is 1. The van der Waals surface area contributed by atoms with E-state index in [1.54, 1.807) is 18.8 Å². The maximum atomic E-state index is 12.0. The van der Waals surface area contributed by atoms with Gasteiger partial charge in [-0.2, -0.15) is 0 Å². The molecular formula is C19H16N4O2. The number of carbonyl (C=O) groups is 1. The fraction of sp³-hybridized carbons (Fsp3) is 0.105. The second-order valence-electron chi connectivity index (χ2n) is 5.64. The summed E-state index contributed by atoms with van der Waals surface area (Å²) >= 11 is 0. The van der Waals surface area contributed by atoms with E-state index in [1.807, 2.05) is 53.1 Å². The van der Waals surface area contributed by atoms with E-state index < -0.39 is 0 Å². The van der Waals surface area contributed by atoms with Crippen LogP contribution in [0.3, 0.4) is 0 Å². The number of benzene rings is 1. The molecule has 0 radical (unpaired) electrons. The summed E-state index contributed by atoms with van der Waals surface area (Å²) in [4.78, 5) is 20.8. The van der Waals surface area contributed by atoms with Crippen LogP contribution in [0.2, 0.25) is 0 Å². The minimum atomic E-state index is -0.0703. The van der Waals surface area contributed by atoms with Gasteiger partial charge in [-0.25, -0.2) is 9.97 Å². The molecule has 3 aromatic heterocycles. The number of imidazole rings is 1. The molecule has 25 heavy (non-hydrogen) atoms. The quantitative estimate of drug-likeness (QED) is 0.606. The number of para-hydroxylation sites is 2. The molecule has 0 bridgehead atoms. The summed E-state index contributed by atoms with van der Waals surface area (Å²) in [6.07, 6.45) is 5.94. The summed E-state index contributed by atoms with van der Waals surface area (Å²) < 4.78 is 7.14. The van der Waals surface area contributed by atoms with Crippen LogP contribution in [0.15, 0.2) is 71.7 Å². The van der Waals surface area contributed by atoms with Crippen LogP contribution in [-0.4, -0.2) is 20.4 Å². The summed E-state index contributed by atoms with van der Waals surface area (Å²) in [6.45, 7) is 0. The molecule has 0 unspecified atom stereocenters. The minimum absolute atomic E-state index is 0.0703. The van der Waals surface area contributed by atoms with Crippen molar-refractivity contribution in [1.29, 1.82) is 0 Å². The van der Waals surface area contributed by atoms with Crippen LogP contribution in [0.5, 0.6) is 0 Å². The highest BCUT2D eigenvalue weighted by Crippen LogP contribution is 2.17. The summed E-state index contributed by atoms with van der Waals surface area (Å²) in [6, 6.07) is 15.2. The van der Waals surface area contributed by atoms with Gasteiger partial charge in [0.2, 0.25) is 5.91 Å². The third kappa shape index (κ3) is 3.28. The monoisotopic (exact) mass is 332 g/mol. The summed E-state index contributed by atoms with van der Waals surface area (Å²) in [7, 11) is 0. The number of rotatable bonds is 5.